The van der Waals surface area contributed by atoms with Gasteiger partial charge in [-0.2, -0.15) is 0 Å². The van der Waals surface area contributed by atoms with Gasteiger partial charge in [-0.1, -0.05) is 15.9 Å². The fourth-order valence-corrected chi connectivity index (χ4v) is 4.36. The normalized spacial score (nSPS) is 14.3. The number of amides is 1. The van der Waals surface area contributed by atoms with Gasteiger partial charge in [0.1, 0.15) is 0 Å². The van der Waals surface area contributed by atoms with Gasteiger partial charge < -0.3 is 4.90 Å². The summed E-state index contributed by atoms with van der Waals surface area (Å²) in [5.41, 5.74) is 2.01. The van der Waals surface area contributed by atoms with Crippen LogP contribution in [0.2, 0.25) is 0 Å². The van der Waals surface area contributed by atoms with E-state index in [0.29, 0.717) is 0 Å². The summed E-state index contributed by atoms with van der Waals surface area (Å²) < 4.78 is 1.80. The van der Waals surface area contributed by atoms with Crippen molar-refractivity contribution in [2.45, 2.75) is 13.0 Å². The van der Waals surface area contributed by atoms with Crippen LogP contribution in [0.15, 0.2) is 38.6 Å². The van der Waals surface area contributed by atoms with Crippen LogP contribution in [0.1, 0.15) is 20.8 Å². The minimum Gasteiger partial charge on any atom is -0.334 e. The smallest absolute Gasteiger partial charge is 0.255 e. The standard InChI is InChI=1S/C14H11Br2NOS/c15-10-1-2-11(12(16)7-10)14(18)17-5-3-13-9(8-17)4-6-19-13/h1-2,4,6-7H,3,5,8H2. The van der Waals surface area contributed by atoms with E-state index in [1.807, 2.05) is 23.1 Å². The van der Waals surface area contributed by atoms with Crippen molar-refractivity contribution in [2.24, 2.45) is 0 Å². The third-order valence-electron chi connectivity index (χ3n) is 3.26. The number of hydrogen-bond donors (Lipinski definition) is 0. The summed E-state index contributed by atoms with van der Waals surface area (Å²) in [4.78, 5) is 15.9. The second kappa shape index (κ2) is 5.38. The molecule has 0 spiro atoms. The first-order valence-corrected chi connectivity index (χ1v) is 8.41. The summed E-state index contributed by atoms with van der Waals surface area (Å²) in [5, 5.41) is 2.11. The molecule has 98 valence electrons. The van der Waals surface area contributed by atoms with Crippen LogP contribution in [0.25, 0.3) is 0 Å². The maximum Gasteiger partial charge on any atom is 0.255 e. The number of thiophene rings is 1. The summed E-state index contributed by atoms with van der Waals surface area (Å²) in [6, 6.07) is 7.79. The molecule has 0 saturated carbocycles. The Kier molecular flexibility index (Phi) is 3.78. The molecule has 5 heteroatoms. The van der Waals surface area contributed by atoms with Crippen LogP contribution in [0.5, 0.6) is 0 Å². The molecule has 3 rings (SSSR count). The minimum atomic E-state index is 0.0937. The molecular formula is C14H11Br2NOS. The predicted octanol–water partition coefficient (Wildman–Crippen LogP) is 4.47. The lowest BCUT2D eigenvalue weighted by Crippen LogP contribution is -2.35. The van der Waals surface area contributed by atoms with Crippen LogP contribution in [0.4, 0.5) is 0 Å². The Morgan fingerprint density at radius 3 is 2.89 bits per heavy atom. The maximum atomic E-state index is 12.5. The van der Waals surface area contributed by atoms with Crippen molar-refractivity contribution in [3.63, 3.8) is 0 Å². The first kappa shape index (κ1) is 13.3. The second-order valence-electron chi connectivity index (χ2n) is 4.47. The lowest BCUT2D eigenvalue weighted by Gasteiger charge is -2.27. The van der Waals surface area contributed by atoms with E-state index in [0.717, 1.165) is 34.0 Å². The average molecular weight is 401 g/mol. The quantitative estimate of drug-likeness (QED) is 0.691. The van der Waals surface area contributed by atoms with Gasteiger partial charge in [0.25, 0.3) is 5.91 Å². The van der Waals surface area contributed by atoms with Gasteiger partial charge in [-0.25, -0.2) is 0 Å². The minimum absolute atomic E-state index is 0.0937. The molecule has 1 aromatic heterocycles. The summed E-state index contributed by atoms with van der Waals surface area (Å²) in [5.74, 6) is 0.0937. The van der Waals surface area contributed by atoms with Gasteiger partial charge in [-0.15, -0.1) is 11.3 Å². The number of benzene rings is 1. The van der Waals surface area contributed by atoms with Crippen molar-refractivity contribution in [1.29, 1.82) is 0 Å². The molecule has 0 N–H and O–H groups in total. The van der Waals surface area contributed by atoms with E-state index in [-0.39, 0.29) is 5.91 Å². The Bertz CT molecular complexity index is 638. The van der Waals surface area contributed by atoms with Crippen LogP contribution in [0, 0.1) is 0 Å². The average Bonchev–Trinajstić information content (AvgIpc) is 2.85. The topological polar surface area (TPSA) is 20.3 Å². The number of rotatable bonds is 1. The van der Waals surface area contributed by atoms with E-state index in [2.05, 4.69) is 43.3 Å². The monoisotopic (exact) mass is 399 g/mol. The van der Waals surface area contributed by atoms with Crippen molar-refractivity contribution >= 4 is 49.1 Å². The molecule has 0 saturated heterocycles. The first-order valence-electron chi connectivity index (χ1n) is 5.95. The van der Waals surface area contributed by atoms with Crippen LogP contribution in [-0.2, 0) is 13.0 Å². The summed E-state index contributed by atoms with van der Waals surface area (Å²) in [7, 11) is 0. The van der Waals surface area contributed by atoms with Crippen molar-refractivity contribution in [2.75, 3.05) is 6.54 Å². The SMILES string of the molecule is O=C(c1ccc(Br)cc1Br)N1CCc2sccc2C1. The molecule has 1 aromatic carbocycles. The molecule has 2 aromatic rings. The molecule has 0 bridgehead atoms. The van der Waals surface area contributed by atoms with Crippen LogP contribution in [-0.4, -0.2) is 17.4 Å². The Labute approximate surface area is 132 Å². The molecule has 1 aliphatic rings. The molecule has 0 aliphatic carbocycles. The molecule has 2 heterocycles. The number of carbonyl (C=O) groups excluding carboxylic acids is 1. The third-order valence-corrected chi connectivity index (χ3v) is 5.43. The van der Waals surface area contributed by atoms with E-state index in [4.69, 9.17) is 0 Å². The molecule has 19 heavy (non-hydrogen) atoms. The maximum absolute atomic E-state index is 12.5. The van der Waals surface area contributed by atoms with E-state index in [1.54, 1.807) is 11.3 Å². The molecule has 1 aliphatic heterocycles. The zero-order valence-corrected chi connectivity index (χ0v) is 14.0. The highest BCUT2D eigenvalue weighted by Crippen LogP contribution is 2.27. The van der Waals surface area contributed by atoms with Crippen molar-refractivity contribution in [3.8, 4) is 0 Å². The Balaban J connectivity index is 1.85. The molecule has 2 nitrogen and oxygen atoms in total. The van der Waals surface area contributed by atoms with E-state index >= 15 is 0 Å². The van der Waals surface area contributed by atoms with E-state index < -0.39 is 0 Å². The Hall–Kier alpha value is -0.650. The highest BCUT2D eigenvalue weighted by Gasteiger charge is 2.23. The van der Waals surface area contributed by atoms with Crippen molar-refractivity contribution < 1.29 is 4.79 Å². The van der Waals surface area contributed by atoms with Gasteiger partial charge >= 0.3 is 0 Å². The lowest BCUT2D eigenvalue weighted by molar-refractivity contribution is 0.0735. The summed E-state index contributed by atoms with van der Waals surface area (Å²) in [6.45, 7) is 1.52. The number of halogens is 2. The van der Waals surface area contributed by atoms with Crippen molar-refractivity contribution in [3.05, 3.63) is 54.6 Å². The zero-order valence-electron chi connectivity index (χ0n) is 10.0. The van der Waals surface area contributed by atoms with Crippen LogP contribution >= 0.6 is 43.2 Å². The summed E-state index contributed by atoms with van der Waals surface area (Å²) >= 11 is 8.65. The Morgan fingerprint density at radius 1 is 1.26 bits per heavy atom. The van der Waals surface area contributed by atoms with Crippen molar-refractivity contribution in [1.82, 2.24) is 4.90 Å². The van der Waals surface area contributed by atoms with Crippen LogP contribution < -0.4 is 0 Å². The van der Waals surface area contributed by atoms with Gasteiger partial charge in [0.05, 0.1) is 5.56 Å². The summed E-state index contributed by atoms with van der Waals surface area (Å²) in [6.07, 6.45) is 0.965. The van der Waals surface area contributed by atoms with E-state index in [1.165, 1.54) is 10.4 Å². The first-order chi connectivity index (χ1) is 9.15. The zero-order chi connectivity index (χ0) is 13.4. The molecule has 0 radical (unpaired) electrons. The molecule has 0 atom stereocenters. The highest BCUT2D eigenvalue weighted by molar-refractivity contribution is 9.11. The second-order valence-corrected chi connectivity index (χ2v) is 7.24. The van der Waals surface area contributed by atoms with E-state index in [9.17, 15) is 4.79 Å². The van der Waals surface area contributed by atoms with Gasteiger partial charge in [-0.3, -0.25) is 4.79 Å². The number of carbonyl (C=O) groups is 1. The fourth-order valence-electron chi connectivity index (χ4n) is 2.26. The number of fused-ring (bicyclic) bond motifs is 1. The van der Waals surface area contributed by atoms with Gasteiger partial charge in [0.15, 0.2) is 0 Å². The fraction of sp³-hybridized carbons (Fsp3) is 0.214. The Morgan fingerprint density at radius 2 is 2.11 bits per heavy atom. The molecule has 0 fully saturated rings. The van der Waals surface area contributed by atoms with Gasteiger partial charge in [-0.05, 0) is 57.6 Å². The van der Waals surface area contributed by atoms with Gasteiger partial charge in [0.2, 0.25) is 0 Å². The number of hydrogen-bond acceptors (Lipinski definition) is 2. The van der Waals surface area contributed by atoms with Gasteiger partial charge in [0, 0.05) is 26.9 Å². The molecule has 0 unspecified atom stereocenters. The predicted molar refractivity (Wildman–Crippen MR) is 84.6 cm³/mol. The molecular weight excluding hydrogens is 390 g/mol. The third kappa shape index (κ3) is 2.64. The molecule has 1 amide bonds. The van der Waals surface area contributed by atoms with Crippen LogP contribution in [0.3, 0.4) is 0 Å². The lowest BCUT2D eigenvalue weighted by atomic mass is 10.1. The highest BCUT2D eigenvalue weighted by atomic mass is 79.9. The number of nitrogens with zero attached hydrogens (tertiary/aromatic N) is 1. The largest absolute Gasteiger partial charge is 0.334 e.